The van der Waals surface area contributed by atoms with E-state index in [2.05, 4.69) is 15.3 Å². The number of aliphatic hydroxyl groups excluding tert-OH is 1. The van der Waals surface area contributed by atoms with Crippen LogP contribution in [0.2, 0.25) is 0 Å². The number of hydrogen-bond donors (Lipinski definition) is 2. The van der Waals surface area contributed by atoms with Crippen LogP contribution in [0.3, 0.4) is 0 Å². The molecule has 0 radical (unpaired) electrons. The second kappa shape index (κ2) is 6.02. The standard InChI is InChI=1S/C10H16N4O2/c1-3-11-9(16)6-14(2)10-12-4-8(7-15)5-13-10/h4-5,15H,3,6-7H2,1-2H3,(H,11,16). The summed E-state index contributed by atoms with van der Waals surface area (Å²) in [4.78, 5) is 21.0. The van der Waals surface area contributed by atoms with Crippen molar-refractivity contribution in [2.45, 2.75) is 13.5 Å². The molecule has 0 bridgehead atoms. The molecule has 1 heterocycles. The first-order valence-corrected chi connectivity index (χ1v) is 5.07. The predicted molar refractivity (Wildman–Crippen MR) is 59.9 cm³/mol. The van der Waals surface area contributed by atoms with Gasteiger partial charge in [0, 0.05) is 31.5 Å². The molecule has 0 aliphatic rings. The Balaban J connectivity index is 2.58. The number of carbonyl (C=O) groups excluding carboxylic acids is 1. The van der Waals surface area contributed by atoms with Crippen LogP contribution in [-0.2, 0) is 11.4 Å². The van der Waals surface area contributed by atoms with Crippen LogP contribution in [0.25, 0.3) is 0 Å². The van der Waals surface area contributed by atoms with E-state index in [4.69, 9.17) is 5.11 Å². The van der Waals surface area contributed by atoms with Crippen molar-refractivity contribution < 1.29 is 9.90 Å². The number of nitrogens with zero attached hydrogens (tertiary/aromatic N) is 3. The Bertz CT molecular complexity index is 339. The van der Waals surface area contributed by atoms with Crippen LogP contribution in [0.1, 0.15) is 12.5 Å². The molecular formula is C10H16N4O2. The SMILES string of the molecule is CCNC(=O)CN(C)c1ncc(CO)cn1. The molecule has 0 unspecified atom stereocenters. The van der Waals surface area contributed by atoms with Gasteiger partial charge in [-0.25, -0.2) is 9.97 Å². The van der Waals surface area contributed by atoms with Crippen LogP contribution in [0.15, 0.2) is 12.4 Å². The molecule has 6 heteroatoms. The van der Waals surface area contributed by atoms with Gasteiger partial charge in [0.1, 0.15) is 0 Å². The number of aliphatic hydroxyl groups is 1. The van der Waals surface area contributed by atoms with Gasteiger partial charge < -0.3 is 15.3 Å². The molecule has 1 amide bonds. The Morgan fingerprint density at radius 1 is 1.50 bits per heavy atom. The molecule has 0 saturated heterocycles. The zero-order chi connectivity index (χ0) is 12.0. The summed E-state index contributed by atoms with van der Waals surface area (Å²) < 4.78 is 0. The van der Waals surface area contributed by atoms with Crippen LogP contribution >= 0.6 is 0 Å². The lowest BCUT2D eigenvalue weighted by Gasteiger charge is -2.15. The molecule has 88 valence electrons. The van der Waals surface area contributed by atoms with Gasteiger partial charge in [-0.15, -0.1) is 0 Å². The minimum atomic E-state index is -0.0830. The van der Waals surface area contributed by atoms with Crippen molar-refractivity contribution in [1.82, 2.24) is 15.3 Å². The summed E-state index contributed by atoms with van der Waals surface area (Å²) in [5.41, 5.74) is 0.648. The van der Waals surface area contributed by atoms with E-state index in [0.29, 0.717) is 18.1 Å². The summed E-state index contributed by atoms with van der Waals surface area (Å²) in [6, 6.07) is 0. The topological polar surface area (TPSA) is 78.4 Å². The molecule has 0 aromatic carbocycles. The van der Waals surface area contributed by atoms with Crippen LogP contribution in [0.5, 0.6) is 0 Å². The molecular weight excluding hydrogens is 208 g/mol. The van der Waals surface area contributed by atoms with Crippen LogP contribution in [-0.4, -0.2) is 41.1 Å². The highest BCUT2D eigenvalue weighted by molar-refractivity contribution is 5.80. The molecule has 2 N–H and O–H groups in total. The Kier molecular flexibility index (Phi) is 4.65. The van der Waals surface area contributed by atoms with E-state index in [0.717, 1.165) is 0 Å². The smallest absolute Gasteiger partial charge is 0.239 e. The molecule has 16 heavy (non-hydrogen) atoms. The average molecular weight is 224 g/mol. The molecule has 6 nitrogen and oxygen atoms in total. The average Bonchev–Trinajstić information content (AvgIpc) is 2.29. The highest BCUT2D eigenvalue weighted by Gasteiger charge is 2.08. The zero-order valence-electron chi connectivity index (χ0n) is 9.47. The number of likely N-dealkylation sites (N-methyl/N-ethyl adjacent to an activating group) is 2. The highest BCUT2D eigenvalue weighted by atomic mass is 16.3. The maximum Gasteiger partial charge on any atom is 0.239 e. The maximum atomic E-state index is 11.3. The van der Waals surface area contributed by atoms with E-state index in [1.54, 1.807) is 11.9 Å². The Morgan fingerprint density at radius 3 is 2.62 bits per heavy atom. The van der Waals surface area contributed by atoms with E-state index in [-0.39, 0.29) is 19.1 Å². The summed E-state index contributed by atoms with van der Waals surface area (Å²) in [6.07, 6.45) is 3.08. The van der Waals surface area contributed by atoms with Gasteiger partial charge in [-0.05, 0) is 6.92 Å². The lowest BCUT2D eigenvalue weighted by Crippen LogP contribution is -2.35. The van der Waals surface area contributed by atoms with E-state index in [1.165, 1.54) is 12.4 Å². The van der Waals surface area contributed by atoms with Gasteiger partial charge in [-0.3, -0.25) is 4.79 Å². The van der Waals surface area contributed by atoms with E-state index >= 15 is 0 Å². The van der Waals surface area contributed by atoms with E-state index < -0.39 is 0 Å². The summed E-state index contributed by atoms with van der Waals surface area (Å²) in [5.74, 6) is 0.392. The lowest BCUT2D eigenvalue weighted by molar-refractivity contribution is -0.119. The fraction of sp³-hybridized carbons (Fsp3) is 0.500. The molecule has 0 fully saturated rings. The number of aromatic nitrogens is 2. The van der Waals surface area contributed by atoms with Crippen molar-refractivity contribution in [3.05, 3.63) is 18.0 Å². The van der Waals surface area contributed by atoms with Crippen molar-refractivity contribution in [1.29, 1.82) is 0 Å². The third-order valence-corrected chi connectivity index (χ3v) is 1.97. The van der Waals surface area contributed by atoms with Gasteiger partial charge in [0.2, 0.25) is 11.9 Å². The third kappa shape index (κ3) is 3.47. The van der Waals surface area contributed by atoms with Crippen molar-refractivity contribution in [2.24, 2.45) is 0 Å². The van der Waals surface area contributed by atoms with Crippen molar-refractivity contribution >= 4 is 11.9 Å². The number of amides is 1. The zero-order valence-corrected chi connectivity index (χ0v) is 9.47. The van der Waals surface area contributed by atoms with Crippen molar-refractivity contribution in [3.8, 4) is 0 Å². The van der Waals surface area contributed by atoms with E-state index in [9.17, 15) is 4.79 Å². The van der Waals surface area contributed by atoms with Crippen LogP contribution < -0.4 is 10.2 Å². The number of rotatable bonds is 5. The van der Waals surface area contributed by atoms with Gasteiger partial charge in [-0.1, -0.05) is 0 Å². The predicted octanol–water partition coefficient (Wildman–Crippen LogP) is -0.459. The molecule has 1 rings (SSSR count). The van der Waals surface area contributed by atoms with Gasteiger partial charge in [0.05, 0.1) is 13.2 Å². The lowest BCUT2D eigenvalue weighted by atomic mass is 10.4. The number of carbonyl (C=O) groups is 1. The fourth-order valence-electron chi connectivity index (χ4n) is 1.17. The number of nitrogens with one attached hydrogen (secondary N) is 1. The van der Waals surface area contributed by atoms with Crippen LogP contribution in [0.4, 0.5) is 5.95 Å². The molecule has 1 aromatic heterocycles. The van der Waals surface area contributed by atoms with Gasteiger partial charge >= 0.3 is 0 Å². The third-order valence-electron chi connectivity index (χ3n) is 1.97. The second-order valence-electron chi connectivity index (χ2n) is 3.36. The molecule has 0 spiro atoms. The highest BCUT2D eigenvalue weighted by Crippen LogP contribution is 2.04. The van der Waals surface area contributed by atoms with Crippen molar-refractivity contribution in [3.63, 3.8) is 0 Å². The first-order chi connectivity index (χ1) is 7.67. The Hall–Kier alpha value is -1.69. The monoisotopic (exact) mass is 224 g/mol. The normalized spacial score (nSPS) is 9.94. The molecule has 0 saturated carbocycles. The summed E-state index contributed by atoms with van der Waals surface area (Å²) in [5, 5.41) is 11.5. The second-order valence-corrected chi connectivity index (χ2v) is 3.36. The first kappa shape index (κ1) is 12.4. The quantitative estimate of drug-likeness (QED) is 0.707. The maximum absolute atomic E-state index is 11.3. The van der Waals surface area contributed by atoms with Crippen molar-refractivity contribution in [2.75, 3.05) is 25.0 Å². The summed E-state index contributed by atoms with van der Waals surface area (Å²) in [6.45, 7) is 2.61. The first-order valence-electron chi connectivity index (χ1n) is 5.07. The molecule has 0 atom stereocenters. The number of anilines is 1. The summed E-state index contributed by atoms with van der Waals surface area (Å²) >= 11 is 0. The van der Waals surface area contributed by atoms with Gasteiger partial charge in [-0.2, -0.15) is 0 Å². The minimum absolute atomic E-state index is 0.0696. The summed E-state index contributed by atoms with van der Waals surface area (Å²) in [7, 11) is 1.74. The van der Waals surface area contributed by atoms with Gasteiger partial charge in [0.15, 0.2) is 0 Å². The minimum Gasteiger partial charge on any atom is -0.392 e. The molecule has 0 aliphatic heterocycles. The Morgan fingerprint density at radius 2 is 2.12 bits per heavy atom. The fourth-order valence-corrected chi connectivity index (χ4v) is 1.17. The number of hydrogen-bond acceptors (Lipinski definition) is 5. The van der Waals surface area contributed by atoms with Gasteiger partial charge in [0.25, 0.3) is 0 Å². The van der Waals surface area contributed by atoms with E-state index in [1.807, 2.05) is 6.92 Å². The molecule has 0 aliphatic carbocycles. The largest absolute Gasteiger partial charge is 0.392 e. The van der Waals surface area contributed by atoms with Crippen LogP contribution in [0, 0.1) is 0 Å². The molecule has 1 aromatic rings. The Labute approximate surface area is 94.3 Å².